The molecule has 6 nitrogen and oxygen atoms in total. The largest absolute Gasteiger partial charge is 0.496 e. The number of benzene rings is 3. The standard InChI is InChI=1S/C29H31F3N2O4/c1-4-34(28(36)33-18-20-9-7-6-8-10-20)19-22-12-13-23(29(30,31)32)17-24(22)25-15-21(11-14-26(25)37-3)16-27(35)38-5-2/h6-15,17H,4-5,16,18-19H2,1-3H3,(H,33,36). The van der Waals surface area contributed by atoms with Crippen LogP contribution in [0.15, 0.2) is 66.7 Å². The van der Waals surface area contributed by atoms with E-state index in [9.17, 15) is 22.8 Å². The first-order chi connectivity index (χ1) is 18.2. The van der Waals surface area contributed by atoms with Crippen LogP contribution in [-0.4, -0.2) is 37.2 Å². The van der Waals surface area contributed by atoms with Crippen molar-refractivity contribution in [1.82, 2.24) is 10.2 Å². The van der Waals surface area contributed by atoms with E-state index in [1.165, 1.54) is 18.1 Å². The molecule has 3 aromatic carbocycles. The maximum Gasteiger partial charge on any atom is 0.416 e. The van der Waals surface area contributed by atoms with Gasteiger partial charge in [0.05, 0.1) is 25.7 Å². The zero-order valence-corrected chi connectivity index (χ0v) is 21.6. The number of methoxy groups -OCH3 is 1. The Morgan fingerprint density at radius 1 is 0.921 bits per heavy atom. The topological polar surface area (TPSA) is 67.9 Å². The third kappa shape index (κ3) is 7.50. The van der Waals surface area contributed by atoms with E-state index in [1.54, 1.807) is 32.0 Å². The van der Waals surface area contributed by atoms with Gasteiger partial charge >= 0.3 is 18.2 Å². The Kier molecular flexibility index (Phi) is 9.76. The first-order valence-electron chi connectivity index (χ1n) is 12.3. The van der Waals surface area contributed by atoms with E-state index in [1.807, 2.05) is 30.3 Å². The summed E-state index contributed by atoms with van der Waals surface area (Å²) in [7, 11) is 1.42. The molecular weight excluding hydrogens is 497 g/mol. The van der Waals surface area contributed by atoms with Crippen molar-refractivity contribution >= 4 is 12.0 Å². The van der Waals surface area contributed by atoms with Gasteiger partial charge in [0.15, 0.2) is 0 Å². The average molecular weight is 529 g/mol. The average Bonchev–Trinajstić information content (AvgIpc) is 2.90. The van der Waals surface area contributed by atoms with Gasteiger partial charge in [0, 0.05) is 25.2 Å². The van der Waals surface area contributed by atoms with Crippen molar-refractivity contribution in [2.75, 3.05) is 20.3 Å². The van der Waals surface area contributed by atoms with Crippen LogP contribution in [0, 0.1) is 0 Å². The number of alkyl halides is 3. The summed E-state index contributed by atoms with van der Waals surface area (Å²) >= 11 is 0. The van der Waals surface area contributed by atoms with Crippen molar-refractivity contribution in [2.45, 2.75) is 39.5 Å². The van der Waals surface area contributed by atoms with Crippen molar-refractivity contribution in [3.63, 3.8) is 0 Å². The number of hydrogen-bond donors (Lipinski definition) is 1. The third-order valence-electron chi connectivity index (χ3n) is 5.96. The Labute approximate surface area is 220 Å². The molecule has 0 aromatic heterocycles. The molecule has 0 saturated heterocycles. The smallest absolute Gasteiger partial charge is 0.416 e. The highest BCUT2D eigenvalue weighted by molar-refractivity contribution is 5.79. The monoisotopic (exact) mass is 528 g/mol. The number of nitrogens with zero attached hydrogens (tertiary/aromatic N) is 1. The van der Waals surface area contributed by atoms with Gasteiger partial charge in [-0.2, -0.15) is 13.2 Å². The predicted octanol–water partition coefficient (Wildman–Crippen LogP) is 6.22. The van der Waals surface area contributed by atoms with Crippen molar-refractivity contribution in [3.8, 4) is 16.9 Å². The molecule has 0 heterocycles. The van der Waals surface area contributed by atoms with Gasteiger partial charge in [0.25, 0.3) is 0 Å². The molecule has 38 heavy (non-hydrogen) atoms. The highest BCUT2D eigenvalue weighted by Crippen LogP contribution is 2.38. The first kappa shape index (κ1) is 28.6. The van der Waals surface area contributed by atoms with Gasteiger partial charge in [0.1, 0.15) is 5.75 Å². The fourth-order valence-electron chi connectivity index (χ4n) is 4.01. The summed E-state index contributed by atoms with van der Waals surface area (Å²) in [6.07, 6.45) is -4.61. The molecule has 202 valence electrons. The van der Waals surface area contributed by atoms with Crippen LogP contribution in [0.25, 0.3) is 11.1 Å². The highest BCUT2D eigenvalue weighted by atomic mass is 19.4. The maximum atomic E-state index is 13.7. The molecule has 0 saturated carbocycles. The molecule has 3 rings (SSSR count). The molecule has 0 radical (unpaired) electrons. The minimum atomic E-state index is -4.57. The predicted molar refractivity (Wildman–Crippen MR) is 139 cm³/mol. The Morgan fingerprint density at radius 3 is 2.29 bits per heavy atom. The second-order valence-corrected chi connectivity index (χ2v) is 8.54. The van der Waals surface area contributed by atoms with Crippen molar-refractivity contribution in [2.24, 2.45) is 0 Å². The van der Waals surface area contributed by atoms with Crippen molar-refractivity contribution < 1.29 is 32.2 Å². The van der Waals surface area contributed by atoms with Crippen molar-refractivity contribution in [3.05, 3.63) is 89.0 Å². The van der Waals surface area contributed by atoms with Gasteiger partial charge in [-0.3, -0.25) is 4.79 Å². The molecule has 0 aliphatic rings. The number of carbonyl (C=O) groups is 2. The number of urea groups is 1. The Balaban J connectivity index is 1.98. The number of hydrogen-bond acceptors (Lipinski definition) is 4. The molecule has 0 fully saturated rings. The van der Waals surface area contributed by atoms with Crippen LogP contribution >= 0.6 is 0 Å². The van der Waals surface area contributed by atoms with E-state index in [2.05, 4.69) is 5.32 Å². The number of rotatable bonds is 10. The van der Waals surface area contributed by atoms with E-state index in [4.69, 9.17) is 9.47 Å². The first-order valence-corrected chi connectivity index (χ1v) is 12.3. The second-order valence-electron chi connectivity index (χ2n) is 8.54. The van der Waals surface area contributed by atoms with Gasteiger partial charge in [-0.25, -0.2) is 4.79 Å². The molecule has 0 spiro atoms. The van der Waals surface area contributed by atoms with E-state index in [-0.39, 0.29) is 31.2 Å². The summed E-state index contributed by atoms with van der Waals surface area (Å²) in [5.41, 5.74) is 1.81. The SMILES string of the molecule is CCOC(=O)Cc1ccc(OC)c(-c2cc(C(F)(F)F)ccc2CN(CC)C(=O)NCc2ccccc2)c1. The van der Waals surface area contributed by atoms with Crippen LogP contribution in [-0.2, 0) is 35.2 Å². The molecule has 1 N–H and O–H groups in total. The lowest BCUT2D eigenvalue weighted by Gasteiger charge is -2.24. The van der Waals surface area contributed by atoms with Crippen LogP contribution in [0.3, 0.4) is 0 Å². The number of nitrogens with one attached hydrogen (secondary N) is 1. The van der Waals surface area contributed by atoms with E-state index >= 15 is 0 Å². The molecule has 3 aromatic rings. The lowest BCUT2D eigenvalue weighted by Crippen LogP contribution is -2.39. The number of carbonyl (C=O) groups excluding carboxylic acids is 2. The Bertz CT molecular complexity index is 1250. The van der Waals surface area contributed by atoms with Crippen molar-refractivity contribution in [1.29, 1.82) is 0 Å². The Hall–Kier alpha value is -4.01. The summed E-state index contributed by atoms with van der Waals surface area (Å²) < 4.78 is 51.5. The maximum absolute atomic E-state index is 13.7. The molecule has 0 unspecified atom stereocenters. The van der Waals surface area contributed by atoms with E-state index < -0.39 is 17.7 Å². The minimum Gasteiger partial charge on any atom is -0.496 e. The normalized spacial score (nSPS) is 11.1. The van der Waals surface area contributed by atoms with Crippen LogP contribution < -0.4 is 10.1 Å². The molecule has 9 heteroatoms. The lowest BCUT2D eigenvalue weighted by atomic mass is 9.94. The van der Waals surface area contributed by atoms with Gasteiger partial charge in [-0.15, -0.1) is 0 Å². The molecule has 0 aliphatic heterocycles. The van der Waals surface area contributed by atoms with E-state index in [0.29, 0.717) is 35.5 Å². The number of esters is 1. The summed E-state index contributed by atoms with van der Waals surface area (Å²) in [4.78, 5) is 26.5. The fourth-order valence-corrected chi connectivity index (χ4v) is 4.01. The zero-order valence-electron chi connectivity index (χ0n) is 21.6. The molecule has 2 amide bonds. The number of ether oxygens (including phenoxy) is 2. The second kappa shape index (κ2) is 13.0. The van der Waals surface area contributed by atoms with E-state index in [0.717, 1.165) is 17.7 Å². The highest BCUT2D eigenvalue weighted by Gasteiger charge is 2.32. The third-order valence-corrected chi connectivity index (χ3v) is 5.96. The lowest BCUT2D eigenvalue weighted by molar-refractivity contribution is -0.142. The van der Waals surface area contributed by atoms with Crippen LogP contribution in [0.4, 0.5) is 18.0 Å². The van der Waals surface area contributed by atoms with Gasteiger partial charge in [-0.1, -0.05) is 42.5 Å². The summed E-state index contributed by atoms with van der Waals surface area (Å²) in [6.45, 7) is 4.43. The summed E-state index contributed by atoms with van der Waals surface area (Å²) in [5.74, 6) is -0.102. The molecular formula is C29H31F3N2O4. The van der Waals surface area contributed by atoms with Crippen LogP contribution in [0.1, 0.15) is 36.1 Å². The van der Waals surface area contributed by atoms with Crippen LogP contribution in [0.5, 0.6) is 5.75 Å². The quantitative estimate of drug-likeness (QED) is 0.318. The van der Waals surface area contributed by atoms with Crippen LogP contribution in [0.2, 0.25) is 0 Å². The zero-order chi connectivity index (χ0) is 27.7. The van der Waals surface area contributed by atoms with Gasteiger partial charge in [-0.05, 0) is 60.4 Å². The number of amides is 2. The fraction of sp³-hybridized carbons (Fsp3) is 0.310. The molecule has 0 bridgehead atoms. The van der Waals surface area contributed by atoms with Gasteiger partial charge in [0.2, 0.25) is 0 Å². The summed E-state index contributed by atoms with van der Waals surface area (Å²) in [5, 5.41) is 2.86. The molecule has 0 atom stereocenters. The van der Waals surface area contributed by atoms with Gasteiger partial charge < -0.3 is 19.7 Å². The Morgan fingerprint density at radius 2 is 1.66 bits per heavy atom. The number of halogens is 3. The molecule has 0 aliphatic carbocycles. The summed E-state index contributed by atoms with van der Waals surface area (Å²) in [6, 6.07) is 17.4. The minimum absolute atomic E-state index is 0.0396.